The fourth-order valence-electron chi connectivity index (χ4n) is 2.85. The summed E-state index contributed by atoms with van der Waals surface area (Å²) in [5.41, 5.74) is 1.91. The molecule has 0 aliphatic carbocycles. The summed E-state index contributed by atoms with van der Waals surface area (Å²) in [6.45, 7) is 0.938. The Bertz CT molecular complexity index is 766. The number of halogens is 1. The van der Waals surface area contributed by atoms with Gasteiger partial charge < -0.3 is 19.7 Å². The Morgan fingerprint density at radius 2 is 2.20 bits per heavy atom. The van der Waals surface area contributed by atoms with Crippen LogP contribution in [-0.4, -0.2) is 32.7 Å². The van der Waals surface area contributed by atoms with Crippen LogP contribution in [0.2, 0.25) is 5.02 Å². The minimum atomic E-state index is -0.0312. The highest BCUT2D eigenvalue weighted by molar-refractivity contribution is 6.31. The first kappa shape index (κ1) is 17.4. The fourth-order valence-corrected chi connectivity index (χ4v) is 3.01. The maximum Gasteiger partial charge on any atom is 0.222 e. The highest BCUT2D eigenvalue weighted by Gasteiger charge is 2.26. The number of rotatable bonds is 5. The molecule has 2 aromatic carbocycles. The van der Waals surface area contributed by atoms with Gasteiger partial charge in [0.2, 0.25) is 5.91 Å². The summed E-state index contributed by atoms with van der Waals surface area (Å²) in [5, 5.41) is 3.60. The summed E-state index contributed by atoms with van der Waals surface area (Å²) in [6.07, 6.45) is 0.354. The SMILES string of the molecule is COc1cccc(CNC(=O)CC2COc3ccc(Cl)cc3N2C)c1. The van der Waals surface area contributed by atoms with E-state index in [1.807, 2.05) is 43.4 Å². The first-order chi connectivity index (χ1) is 12.1. The molecule has 0 spiro atoms. The number of ether oxygens (including phenoxy) is 2. The Hall–Kier alpha value is -2.40. The van der Waals surface area contributed by atoms with Crippen LogP contribution in [0.1, 0.15) is 12.0 Å². The van der Waals surface area contributed by atoms with E-state index in [0.29, 0.717) is 24.6 Å². The molecule has 1 aliphatic heterocycles. The van der Waals surface area contributed by atoms with Crippen LogP contribution in [0.5, 0.6) is 11.5 Å². The second kappa shape index (κ2) is 7.66. The van der Waals surface area contributed by atoms with E-state index in [2.05, 4.69) is 10.2 Å². The van der Waals surface area contributed by atoms with E-state index < -0.39 is 0 Å². The first-order valence-corrected chi connectivity index (χ1v) is 8.49. The van der Waals surface area contributed by atoms with E-state index in [4.69, 9.17) is 21.1 Å². The average molecular weight is 361 g/mol. The molecular weight excluding hydrogens is 340 g/mol. The van der Waals surface area contributed by atoms with Crippen LogP contribution in [0.4, 0.5) is 5.69 Å². The summed E-state index contributed by atoms with van der Waals surface area (Å²) in [5.74, 6) is 1.55. The van der Waals surface area contributed by atoms with Gasteiger partial charge in [0.1, 0.15) is 18.1 Å². The highest BCUT2D eigenvalue weighted by atomic mass is 35.5. The third kappa shape index (κ3) is 4.17. The van der Waals surface area contributed by atoms with Gasteiger partial charge >= 0.3 is 0 Å². The van der Waals surface area contributed by atoms with E-state index in [1.165, 1.54) is 0 Å². The maximum absolute atomic E-state index is 12.3. The number of likely N-dealkylation sites (N-methyl/N-ethyl adjacent to an activating group) is 1. The number of carbonyl (C=O) groups excluding carboxylic acids is 1. The molecule has 0 bridgehead atoms. The van der Waals surface area contributed by atoms with Crippen LogP contribution < -0.4 is 19.7 Å². The van der Waals surface area contributed by atoms with E-state index in [1.54, 1.807) is 13.2 Å². The van der Waals surface area contributed by atoms with Gasteiger partial charge in [-0.25, -0.2) is 0 Å². The molecule has 2 aromatic rings. The predicted octanol–water partition coefficient (Wildman–Crippen LogP) is 3.25. The standard InChI is InChI=1S/C19H21ClN2O3/c1-22-15(12-25-18-7-6-14(20)9-17(18)22)10-19(23)21-11-13-4-3-5-16(8-13)24-2/h3-9,15H,10-12H2,1-2H3,(H,21,23). The summed E-state index contributed by atoms with van der Waals surface area (Å²) in [7, 11) is 3.58. The van der Waals surface area contributed by atoms with E-state index >= 15 is 0 Å². The van der Waals surface area contributed by atoms with Crippen LogP contribution in [0.3, 0.4) is 0 Å². The summed E-state index contributed by atoms with van der Waals surface area (Å²) >= 11 is 6.07. The Kier molecular flexibility index (Phi) is 5.34. The van der Waals surface area contributed by atoms with Gasteiger partial charge in [-0.2, -0.15) is 0 Å². The average Bonchev–Trinajstić information content (AvgIpc) is 2.63. The minimum Gasteiger partial charge on any atom is -0.497 e. The molecule has 1 atom stereocenters. The molecule has 25 heavy (non-hydrogen) atoms. The van der Waals surface area contributed by atoms with Gasteiger partial charge in [0, 0.05) is 18.6 Å². The summed E-state index contributed by atoms with van der Waals surface area (Å²) in [4.78, 5) is 14.4. The van der Waals surface area contributed by atoms with Crippen molar-refractivity contribution in [2.45, 2.75) is 19.0 Å². The molecular formula is C19H21ClN2O3. The molecule has 6 heteroatoms. The lowest BCUT2D eigenvalue weighted by molar-refractivity contribution is -0.121. The van der Waals surface area contributed by atoms with Gasteiger partial charge in [0.05, 0.1) is 25.3 Å². The van der Waals surface area contributed by atoms with E-state index in [-0.39, 0.29) is 11.9 Å². The second-order valence-electron chi connectivity index (χ2n) is 6.02. The normalized spacial score (nSPS) is 16.0. The third-order valence-electron chi connectivity index (χ3n) is 4.32. The smallest absolute Gasteiger partial charge is 0.222 e. The minimum absolute atomic E-state index is 0.0197. The third-order valence-corrected chi connectivity index (χ3v) is 4.56. The Morgan fingerprint density at radius 1 is 1.36 bits per heavy atom. The number of benzene rings is 2. The quantitative estimate of drug-likeness (QED) is 0.889. The molecule has 1 aliphatic rings. The van der Waals surface area contributed by atoms with Crippen molar-refractivity contribution in [1.82, 2.24) is 5.32 Å². The van der Waals surface area contributed by atoms with Gasteiger partial charge in [0.15, 0.2) is 0 Å². The molecule has 5 nitrogen and oxygen atoms in total. The number of carbonyl (C=O) groups is 1. The number of anilines is 1. The number of methoxy groups -OCH3 is 1. The number of nitrogens with one attached hydrogen (secondary N) is 1. The fraction of sp³-hybridized carbons (Fsp3) is 0.316. The molecule has 0 fully saturated rings. The molecule has 1 heterocycles. The van der Waals surface area contributed by atoms with Gasteiger partial charge in [0.25, 0.3) is 0 Å². The Balaban J connectivity index is 1.58. The number of nitrogens with zero attached hydrogens (tertiary/aromatic N) is 1. The monoisotopic (exact) mass is 360 g/mol. The largest absolute Gasteiger partial charge is 0.497 e. The summed E-state index contributed by atoms with van der Waals surface area (Å²) in [6, 6.07) is 13.1. The molecule has 0 radical (unpaired) electrons. The van der Waals surface area contributed by atoms with Crippen molar-refractivity contribution in [3.63, 3.8) is 0 Å². The highest BCUT2D eigenvalue weighted by Crippen LogP contribution is 2.35. The van der Waals surface area contributed by atoms with Crippen molar-refractivity contribution >= 4 is 23.2 Å². The molecule has 0 saturated heterocycles. The van der Waals surface area contributed by atoms with Crippen molar-refractivity contribution in [3.8, 4) is 11.5 Å². The second-order valence-corrected chi connectivity index (χ2v) is 6.46. The predicted molar refractivity (Wildman–Crippen MR) is 98.6 cm³/mol. The Labute approximate surface area is 152 Å². The molecule has 132 valence electrons. The van der Waals surface area contributed by atoms with Crippen LogP contribution >= 0.6 is 11.6 Å². The zero-order valence-electron chi connectivity index (χ0n) is 14.3. The lowest BCUT2D eigenvalue weighted by Gasteiger charge is -2.35. The van der Waals surface area contributed by atoms with Crippen LogP contribution in [0.15, 0.2) is 42.5 Å². The molecule has 1 amide bonds. The lowest BCUT2D eigenvalue weighted by Crippen LogP contribution is -2.43. The van der Waals surface area contributed by atoms with Gasteiger partial charge in [-0.05, 0) is 35.9 Å². The zero-order valence-corrected chi connectivity index (χ0v) is 15.0. The van der Waals surface area contributed by atoms with Gasteiger partial charge in [-0.15, -0.1) is 0 Å². The number of hydrogen-bond donors (Lipinski definition) is 1. The zero-order chi connectivity index (χ0) is 17.8. The molecule has 1 unspecified atom stereocenters. The first-order valence-electron chi connectivity index (χ1n) is 8.11. The summed E-state index contributed by atoms with van der Waals surface area (Å²) < 4.78 is 11.0. The van der Waals surface area contributed by atoms with Crippen molar-refractivity contribution in [2.24, 2.45) is 0 Å². The van der Waals surface area contributed by atoms with Crippen LogP contribution in [0, 0.1) is 0 Å². The lowest BCUT2D eigenvalue weighted by atomic mass is 10.1. The molecule has 3 rings (SSSR count). The van der Waals surface area contributed by atoms with Gasteiger partial charge in [-0.3, -0.25) is 4.79 Å². The maximum atomic E-state index is 12.3. The topological polar surface area (TPSA) is 50.8 Å². The van der Waals surface area contributed by atoms with Crippen molar-refractivity contribution in [1.29, 1.82) is 0 Å². The molecule has 1 N–H and O–H groups in total. The number of fused-ring (bicyclic) bond motifs is 1. The number of hydrogen-bond acceptors (Lipinski definition) is 4. The van der Waals surface area contributed by atoms with Crippen LogP contribution in [-0.2, 0) is 11.3 Å². The van der Waals surface area contributed by atoms with Crippen molar-refractivity contribution in [3.05, 3.63) is 53.1 Å². The van der Waals surface area contributed by atoms with Gasteiger partial charge in [-0.1, -0.05) is 23.7 Å². The van der Waals surface area contributed by atoms with Crippen molar-refractivity contribution < 1.29 is 14.3 Å². The molecule has 0 aromatic heterocycles. The van der Waals surface area contributed by atoms with E-state index in [0.717, 1.165) is 22.7 Å². The van der Waals surface area contributed by atoms with Crippen LogP contribution in [0.25, 0.3) is 0 Å². The van der Waals surface area contributed by atoms with E-state index in [9.17, 15) is 4.79 Å². The Morgan fingerprint density at radius 3 is 3.00 bits per heavy atom. The number of amides is 1. The molecule has 0 saturated carbocycles. The van der Waals surface area contributed by atoms with Crippen molar-refractivity contribution in [2.75, 3.05) is 25.7 Å².